The molecule has 4 nitrogen and oxygen atoms in total. The van der Waals surface area contributed by atoms with Crippen molar-refractivity contribution in [3.05, 3.63) is 54.1 Å². The standard InChI is InChI=1S/C15H10F3N3OS/c16-15(17,18)9-4-3-5-10(8-9)19-13(22)21-14-20-11-6-1-2-7-12(11)23-14/h1-8H,(H2,19,20,21,22). The number of halogens is 3. The maximum absolute atomic E-state index is 12.6. The number of aromatic nitrogens is 1. The van der Waals surface area contributed by atoms with Crippen molar-refractivity contribution in [1.82, 2.24) is 4.98 Å². The number of fused-ring (bicyclic) bond motifs is 1. The highest BCUT2D eigenvalue weighted by atomic mass is 32.1. The predicted octanol–water partition coefficient (Wildman–Crippen LogP) is 4.96. The molecule has 2 aromatic carbocycles. The number of carbonyl (C=O) groups excluding carboxylic acids is 1. The van der Waals surface area contributed by atoms with E-state index in [9.17, 15) is 18.0 Å². The van der Waals surface area contributed by atoms with Gasteiger partial charge in [0, 0.05) is 5.69 Å². The lowest BCUT2D eigenvalue weighted by Crippen LogP contribution is -2.19. The molecule has 2 N–H and O–H groups in total. The summed E-state index contributed by atoms with van der Waals surface area (Å²) in [6.45, 7) is 0. The summed E-state index contributed by atoms with van der Waals surface area (Å²) in [6, 6.07) is 11.1. The van der Waals surface area contributed by atoms with Crippen LogP contribution in [0.4, 0.5) is 28.8 Å². The number of rotatable bonds is 2. The number of hydrogen-bond donors (Lipinski definition) is 2. The molecule has 3 aromatic rings. The van der Waals surface area contributed by atoms with Gasteiger partial charge in [-0.25, -0.2) is 9.78 Å². The molecule has 8 heteroatoms. The Bertz CT molecular complexity index is 827. The average Bonchev–Trinajstić information content (AvgIpc) is 2.88. The van der Waals surface area contributed by atoms with Crippen LogP contribution in [0, 0.1) is 0 Å². The second kappa shape index (κ2) is 5.88. The predicted molar refractivity (Wildman–Crippen MR) is 83.7 cm³/mol. The van der Waals surface area contributed by atoms with Crippen molar-refractivity contribution in [3.63, 3.8) is 0 Å². The molecule has 0 saturated heterocycles. The average molecular weight is 337 g/mol. The fourth-order valence-electron chi connectivity index (χ4n) is 1.96. The van der Waals surface area contributed by atoms with E-state index in [1.54, 1.807) is 0 Å². The van der Waals surface area contributed by atoms with Gasteiger partial charge in [0.15, 0.2) is 5.13 Å². The summed E-state index contributed by atoms with van der Waals surface area (Å²) in [7, 11) is 0. The van der Waals surface area contributed by atoms with Crippen molar-refractivity contribution in [3.8, 4) is 0 Å². The molecule has 0 radical (unpaired) electrons. The largest absolute Gasteiger partial charge is 0.416 e. The van der Waals surface area contributed by atoms with Crippen LogP contribution in [-0.2, 0) is 6.18 Å². The number of benzene rings is 2. The number of urea groups is 1. The van der Waals surface area contributed by atoms with E-state index in [4.69, 9.17) is 0 Å². The molecular weight excluding hydrogens is 327 g/mol. The van der Waals surface area contributed by atoms with Crippen molar-refractivity contribution in [1.29, 1.82) is 0 Å². The number of carbonyl (C=O) groups is 1. The van der Waals surface area contributed by atoms with Crippen LogP contribution < -0.4 is 10.6 Å². The quantitative estimate of drug-likeness (QED) is 0.694. The van der Waals surface area contributed by atoms with Crippen molar-refractivity contribution in [2.24, 2.45) is 0 Å². The van der Waals surface area contributed by atoms with Gasteiger partial charge in [-0.2, -0.15) is 13.2 Å². The van der Waals surface area contributed by atoms with Gasteiger partial charge in [-0.05, 0) is 30.3 Å². The number of amides is 2. The van der Waals surface area contributed by atoms with Crippen molar-refractivity contribution >= 4 is 38.4 Å². The first kappa shape index (κ1) is 15.3. The third kappa shape index (κ3) is 3.59. The van der Waals surface area contributed by atoms with E-state index in [1.165, 1.54) is 23.5 Å². The lowest BCUT2D eigenvalue weighted by Gasteiger charge is -2.09. The van der Waals surface area contributed by atoms with Gasteiger partial charge in [0.1, 0.15) is 0 Å². The lowest BCUT2D eigenvalue weighted by atomic mass is 10.2. The van der Waals surface area contributed by atoms with Crippen LogP contribution in [0.1, 0.15) is 5.56 Å². The maximum Gasteiger partial charge on any atom is 0.416 e. The lowest BCUT2D eigenvalue weighted by molar-refractivity contribution is -0.137. The Morgan fingerprint density at radius 1 is 1.04 bits per heavy atom. The smallest absolute Gasteiger partial charge is 0.308 e. The minimum absolute atomic E-state index is 0.0541. The summed E-state index contributed by atoms with van der Waals surface area (Å²) in [5.74, 6) is 0. The topological polar surface area (TPSA) is 54.0 Å². The minimum atomic E-state index is -4.46. The number of hydrogen-bond acceptors (Lipinski definition) is 3. The Morgan fingerprint density at radius 2 is 1.83 bits per heavy atom. The SMILES string of the molecule is O=C(Nc1cccc(C(F)(F)F)c1)Nc1nc2ccccc2s1. The van der Waals surface area contributed by atoms with Gasteiger partial charge < -0.3 is 5.32 Å². The highest BCUT2D eigenvalue weighted by Crippen LogP contribution is 2.31. The third-order valence-electron chi connectivity index (χ3n) is 2.96. The van der Waals surface area contributed by atoms with Gasteiger partial charge in [-0.3, -0.25) is 5.32 Å². The van der Waals surface area contributed by atoms with Crippen molar-refractivity contribution in [2.75, 3.05) is 10.6 Å². The highest BCUT2D eigenvalue weighted by Gasteiger charge is 2.30. The van der Waals surface area contributed by atoms with Crippen LogP contribution in [-0.4, -0.2) is 11.0 Å². The second-order valence-electron chi connectivity index (χ2n) is 4.64. The van der Waals surface area contributed by atoms with Crippen LogP contribution in [0.3, 0.4) is 0 Å². The van der Waals surface area contributed by atoms with Gasteiger partial charge in [0.25, 0.3) is 0 Å². The zero-order valence-corrected chi connectivity index (χ0v) is 12.3. The second-order valence-corrected chi connectivity index (χ2v) is 5.68. The van der Waals surface area contributed by atoms with Gasteiger partial charge in [-0.1, -0.05) is 29.5 Å². The zero-order chi connectivity index (χ0) is 16.4. The zero-order valence-electron chi connectivity index (χ0n) is 11.5. The summed E-state index contributed by atoms with van der Waals surface area (Å²) in [6.07, 6.45) is -4.46. The molecule has 3 rings (SSSR count). The molecule has 0 saturated carbocycles. The van der Waals surface area contributed by atoms with Gasteiger partial charge >= 0.3 is 12.2 Å². The van der Waals surface area contributed by atoms with E-state index in [2.05, 4.69) is 15.6 Å². The molecule has 0 spiro atoms. The van der Waals surface area contributed by atoms with Crippen LogP contribution in [0.15, 0.2) is 48.5 Å². The monoisotopic (exact) mass is 337 g/mol. The number of thiazole rings is 1. The van der Waals surface area contributed by atoms with E-state index in [1.807, 2.05) is 24.3 Å². The normalized spacial score (nSPS) is 11.4. The number of nitrogens with zero attached hydrogens (tertiary/aromatic N) is 1. The summed E-state index contributed by atoms with van der Waals surface area (Å²) < 4.78 is 38.8. The molecular formula is C15H10F3N3OS. The van der Waals surface area contributed by atoms with Crippen LogP contribution >= 0.6 is 11.3 Å². The first-order valence-electron chi connectivity index (χ1n) is 6.53. The fraction of sp³-hybridized carbons (Fsp3) is 0.0667. The summed E-state index contributed by atoms with van der Waals surface area (Å²) in [5.41, 5.74) is -0.0272. The van der Waals surface area contributed by atoms with Crippen LogP contribution in [0.2, 0.25) is 0 Å². The summed E-state index contributed by atoms with van der Waals surface area (Å²) >= 11 is 1.28. The fourth-order valence-corrected chi connectivity index (χ4v) is 2.82. The number of nitrogens with one attached hydrogen (secondary N) is 2. The Balaban J connectivity index is 1.72. The number of para-hydroxylation sites is 1. The van der Waals surface area contributed by atoms with Gasteiger partial charge in [0.05, 0.1) is 15.8 Å². The summed E-state index contributed by atoms with van der Waals surface area (Å²) in [5, 5.41) is 5.25. The van der Waals surface area contributed by atoms with E-state index in [0.29, 0.717) is 5.13 Å². The Morgan fingerprint density at radius 3 is 2.57 bits per heavy atom. The molecule has 0 bridgehead atoms. The van der Waals surface area contributed by atoms with Gasteiger partial charge in [-0.15, -0.1) is 0 Å². The molecule has 0 fully saturated rings. The van der Waals surface area contributed by atoms with E-state index < -0.39 is 17.8 Å². The van der Waals surface area contributed by atoms with Gasteiger partial charge in [0.2, 0.25) is 0 Å². The molecule has 2 amide bonds. The van der Waals surface area contributed by atoms with Crippen molar-refractivity contribution < 1.29 is 18.0 Å². The molecule has 0 aliphatic heterocycles. The van der Waals surface area contributed by atoms with Crippen molar-refractivity contribution in [2.45, 2.75) is 6.18 Å². The highest BCUT2D eigenvalue weighted by molar-refractivity contribution is 7.22. The summed E-state index contributed by atoms with van der Waals surface area (Å²) in [4.78, 5) is 16.1. The van der Waals surface area contributed by atoms with Crippen LogP contribution in [0.25, 0.3) is 10.2 Å². The molecule has 0 unspecified atom stereocenters. The number of anilines is 2. The molecule has 23 heavy (non-hydrogen) atoms. The maximum atomic E-state index is 12.6. The Labute approximate surface area is 133 Å². The first-order valence-corrected chi connectivity index (χ1v) is 7.34. The molecule has 1 aromatic heterocycles. The first-order chi connectivity index (χ1) is 10.9. The molecule has 118 valence electrons. The minimum Gasteiger partial charge on any atom is -0.308 e. The molecule has 1 heterocycles. The van der Waals surface area contributed by atoms with E-state index in [-0.39, 0.29) is 5.69 Å². The van der Waals surface area contributed by atoms with E-state index in [0.717, 1.165) is 22.3 Å². The Kier molecular flexibility index (Phi) is 3.91. The third-order valence-corrected chi connectivity index (χ3v) is 3.91. The molecule has 0 atom stereocenters. The molecule has 0 aliphatic rings. The number of alkyl halides is 3. The van der Waals surface area contributed by atoms with Crippen LogP contribution in [0.5, 0.6) is 0 Å². The molecule has 0 aliphatic carbocycles. The Hall–Kier alpha value is -2.61. The van der Waals surface area contributed by atoms with E-state index >= 15 is 0 Å².